The Morgan fingerprint density at radius 3 is 3.08 bits per heavy atom. The van der Waals surface area contributed by atoms with Crippen LogP contribution in [-0.4, -0.2) is 6.04 Å². The maximum absolute atomic E-state index is 3.76. The number of nitrogens with one attached hydrogen (secondary N) is 1. The van der Waals surface area contributed by atoms with Crippen molar-refractivity contribution >= 4 is 11.3 Å². The van der Waals surface area contributed by atoms with Crippen molar-refractivity contribution in [2.75, 3.05) is 0 Å². The summed E-state index contributed by atoms with van der Waals surface area (Å²) in [7, 11) is 0. The molecule has 1 saturated carbocycles. The largest absolute Gasteiger partial charge is 0.306 e. The molecule has 2 heteroatoms. The van der Waals surface area contributed by atoms with Crippen molar-refractivity contribution in [3.05, 3.63) is 21.9 Å². The van der Waals surface area contributed by atoms with Crippen LogP contribution in [-0.2, 0) is 6.42 Å². The van der Waals surface area contributed by atoms with Gasteiger partial charge in [0.25, 0.3) is 0 Å². The Morgan fingerprint density at radius 1 is 1.46 bits per heavy atom. The van der Waals surface area contributed by atoms with E-state index >= 15 is 0 Å². The van der Waals surface area contributed by atoms with Gasteiger partial charge < -0.3 is 5.32 Å². The summed E-state index contributed by atoms with van der Waals surface area (Å²) in [6.07, 6.45) is 4.07. The number of hydrogen-bond acceptors (Lipinski definition) is 2. The van der Waals surface area contributed by atoms with Crippen molar-refractivity contribution in [1.29, 1.82) is 0 Å². The fourth-order valence-corrected chi connectivity index (χ4v) is 3.38. The number of thiophene rings is 1. The summed E-state index contributed by atoms with van der Waals surface area (Å²) in [5.41, 5.74) is 1.59. The Hall–Kier alpha value is -0.340. The highest BCUT2D eigenvalue weighted by molar-refractivity contribution is 7.10. The molecule has 2 aliphatic carbocycles. The van der Waals surface area contributed by atoms with Gasteiger partial charge in [-0.2, -0.15) is 0 Å². The molecule has 0 bridgehead atoms. The molecule has 1 aromatic rings. The lowest BCUT2D eigenvalue weighted by atomic mass is 10.1. The minimum absolute atomic E-state index is 0.669. The van der Waals surface area contributed by atoms with Gasteiger partial charge in [-0.3, -0.25) is 0 Å². The van der Waals surface area contributed by atoms with Crippen LogP contribution < -0.4 is 5.32 Å². The lowest BCUT2D eigenvalue weighted by molar-refractivity contribution is 0.417. The highest BCUT2D eigenvalue weighted by Gasteiger charge is 2.34. The first-order valence-electron chi connectivity index (χ1n) is 5.17. The smallest absolute Gasteiger partial charge is 0.0448 e. The van der Waals surface area contributed by atoms with E-state index in [9.17, 15) is 0 Å². The van der Waals surface area contributed by atoms with E-state index in [1.54, 1.807) is 10.4 Å². The van der Waals surface area contributed by atoms with E-state index in [4.69, 9.17) is 0 Å². The summed E-state index contributed by atoms with van der Waals surface area (Å²) in [6, 6.07) is 3.80. The predicted octanol–water partition coefficient (Wildman–Crippen LogP) is 2.73. The van der Waals surface area contributed by atoms with Crippen molar-refractivity contribution in [1.82, 2.24) is 5.32 Å². The van der Waals surface area contributed by atoms with Crippen molar-refractivity contribution in [2.24, 2.45) is 5.92 Å². The maximum Gasteiger partial charge on any atom is 0.0448 e. The molecule has 1 aromatic heterocycles. The molecular weight excluding hydrogens is 178 g/mol. The zero-order chi connectivity index (χ0) is 8.84. The molecule has 1 fully saturated rings. The molecule has 0 aromatic carbocycles. The molecular formula is C11H15NS. The monoisotopic (exact) mass is 193 g/mol. The minimum atomic E-state index is 0.669. The van der Waals surface area contributed by atoms with Crippen LogP contribution in [0.25, 0.3) is 0 Å². The van der Waals surface area contributed by atoms with Crippen molar-refractivity contribution in [3.8, 4) is 0 Å². The summed E-state index contributed by atoms with van der Waals surface area (Å²) in [6.45, 7) is 2.37. The third-order valence-corrected chi connectivity index (χ3v) is 4.21. The molecule has 0 spiro atoms. The molecule has 70 valence electrons. The van der Waals surface area contributed by atoms with Gasteiger partial charge in [-0.05, 0) is 42.2 Å². The molecule has 3 rings (SSSR count). The Labute approximate surface area is 83.2 Å². The Balaban J connectivity index is 1.84. The molecule has 1 N–H and O–H groups in total. The van der Waals surface area contributed by atoms with E-state index in [1.165, 1.54) is 19.3 Å². The van der Waals surface area contributed by atoms with E-state index in [1.807, 2.05) is 11.3 Å². The van der Waals surface area contributed by atoms with Crippen LogP contribution in [0.5, 0.6) is 0 Å². The number of rotatable bonds is 2. The van der Waals surface area contributed by atoms with Gasteiger partial charge >= 0.3 is 0 Å². The summed E-state index contributed by atoms with van der Waals surface area (Å²) >= 11 is 1.93. The number of hydrogen-bond donors (Lipinski definition) is 1. The topological polar surface area (TPSA) is 12.0 Å². The third-order valence-electron chi connectivity index (χ3n) is 3.17. The fraction of sp³-hybridized carbons (Fsp3) is 0.636. The summed E-state index contributed by atoms with van der Waals surface area (Å²) in [4.78, 5) is 1.61. The van der Waals surface area contributed by atoms with Crippen LogP contribution in [0.15, 0.2) is 11.4 Å². The SMILES string of the molecule is CC1Cc2ccsc2C1NC1CC1. The molecule has 0 aliphatic heterocycles. The highest BCUT2D eigenvalue weighted by Crippen LogP contribution is 2.41. The van der Waals surface area contributed by atoms with E-state index in [0.29, 0.717) is 6.04 Å². The minimum Gasteiger partial charge on any atom is -0.306 e. The quantitative estimate of drug-likeness (QED) is 0.761. The second-order valence-corrected chi connectivity index (χ2v) is 5.36. The molecule has 2 unspecified atom stereocenters. The lowest BCUT2D eigenvalue weighted by Gasteiger charge is -2.17. The third kappa shape index (κ3) is 1.32. The Kier molecular flexibility index (Phi) is 1.74. The van der Waals surface area contributed by atoms with Crippen LogP contribution in [0.2, 0.25) is 0 Å². The lowest BCUT2D eigenvalue weighted by Crippen LogP contribution is -2.25. The first-order valence-corrected chi connectivity index (χ1v) is 6.05. The zero-order valence-corrected chi connectivity index (χ0v) is 8.73. The van der Waals surface area contributed by atoms with Gasteiger partial charge in [0.05, 0.1) is 0 Å². The second-order valence-electron chi connectivity index (χ2n) is 4.41. The molecule has 0 saturated heterocycles. The van der Waals surface area contributed by atoms with E-state index < -0.39 is 0 Å². The predicted molar refractivity (Wildman–Crippen MR) is 56.1 cm³/mol. The van der Waals surface area contributed by atoms with Crippen molar-refractivity contribution < 1.29 is 0 Å². The molecule has 2 aliphatic rings. The Bertz CT molecular complexity index is 314. The van der Waals surface area contributed by atoms with Crippen LogP contribution >= 0.6 is 11.3 Å². The first kappa shape index (κ1) is 8.01. The van der Waals surface area contributed by atoms with Crippen LogP contribution in [0.4, 0.5) is 0 Å². The zero-order valence-electron chi connectivity index (χ0n) is 7.92. The highest BCUT2D eigenvalue weighted by atomic mass is 32.1. The second kappa shape index (κ2) is 2.82. The number of fused-ring (bicyclic) bond motifs is 1. The Morgan fingerprint density at radius 2 is 2.31 bits per heavy atom. The molecule has 0 radical (unpaired) electrons. The molecule has 1 nitrogen and oxygen atoms in total. The van der Waals surface area contributed by atoms with Gasteiger partial charge in [0.15, 0.2) is 0 Å². The van der Waals surface area contributed by atoms with Crippen molar-refractivity contribution in [3.63, 3.8) is 0 Å². The van der Waals surface area contributed by atoms with Gasteiger partial charge in [0.2, 0.25) is 0 Å². The van der Waals surface area contributed by atoms with Gasteiger partial charge in [0.1, 0.15) is 0 Å². The summed E-state index contributed by atoms with van der Waals surface area (Å²) in [5, 5.41) is 5.99. The van der Waals surface area contributed by atoms with Gasteiger partial charge in [-0.15, -0.1) is 11.3 Å². The van der Waals surface area contributed by atoms with Crippen LogP contribution in [0.1, 0.15) is 36.2 Å². The van der Waals surface area contributed by atoms with Gasteiger partial charge in [-0.25, -0.2) is 0 Å². The molecule has 1 heterocycles. The van der Waals surface area contributed by atoms with Crippen LogP contribution in [0, 0.1) is 5.92 Å². The van der Waals surface area contributed by atoms with Crippen molar-refractivity contribution in [2.45, 2.75) is 38.3 Å². The normalized spacial score (nSPS) is 32.1. The maximum atomic E-state index is 3.76. The van der Waals surface area contributed by atoms with Gasteiger partial charge in [-0.1, -0.05) is 6.92 Å². The standard InChI is InChI=1S/C11H15NS/c1-7-6-8-4-5-13-11(8)10(7)12-9-2-3-9/h4-5,7,9-10,12H,2-3,6H2,1H3. The van der Waals surface area contributed by atoms with Crippen LogP contribution in [0.3, 0.4) is 0 Å². The summed E-state index contributed by atoms with van der Waals surface area (Å²) < 4.78 is 0. The average molecular weight is 193 g/mol. The molecule has 0 amide bonds. The molecule has 13 heavy (non-hydrogen) atoms. The summed E-state index contributed by atoms with van der Waals surface area (Å²) in [5.74, 6) is 0.808. The van der Waals surface area contributed by atoms with E-state index in [0.717, 1.165) is 12.0 Å². The first-order chi connectivity index (χ1) is 6.34. The molecule has 2 atom stereocenters. The van der Waals surface area contributed by atoms with Gasteiger partial charge in [0, 0.05) is 17.0 Å². The van der Waals surface area contributed by atoms with E-state index in [2.05, 4.69) is 23.7 Å². The van der Waals surface area contributed by atoms with E-state index in [-0.39, 0.29) is 0 Å². The fourth-order valence-electron chi connectivity index (χ4n) is 2.26. The average Bonchev–Trinajstić information content (AvgIpc) is 2.74.